The molecule has 134 valence electrons. The van der Waals surface area contributed by atoms with Gasteiger partial charge in [0.25, 0.3) is 5.60 Å². The van der Waals surface area contributed by atoms with Crippen LogP contribution in [-0.4, -0.2) is 53.1 Å². The van der Waals surface area contributed by atoms with Gasteiger partial charge in [-0.2, -0.15) is 0 Å². The minimum Gasteiger partial charge on any atom is -0.479 e. The van der Waals surface area contributed by atoms with Crippen LogP contribution in [0.15, 0.2) is 0 Å². The molecule has 1 atom stereocenters. The van der Waals surface area contributed by atoms with Crippen molar-refractivity contribution in [2.24, 2.45) is 0 Å². The number of aliphatic hydroxyl groups is 1. The maximum absolute atomic E-state index is 11.4. The molecule has 8 nitrogen and oxygen atoms in total. The van der Waals surface area contributed by atoms with Crippen molar-refractivity contribution in [2.45, 2.75) is 64.1 Å². The molecule has 0 aliphatic carbocycles. The number of hydrogen-bond donors (Lipinski definition) is 3. The molecular formula is C15H27NO7. The molecule has 3 N–H and O–H groups in total. The molecule has 0 aromatic rings. The first-order valence-corrected chi connectivity index (χ1v) is 7.54. The van der Waals surface area contributed by atoms with Crippen LogP contribution < -0.4 is 5.32 Å². The van der Waals surface area contributed by atoms with Crippen molar-refractivity contribution >= 4 is 18.0 Å². The maximum atomic E-state index is 11.4. The molecule has 0 heterocycles. The van der Waals surface area contributed by atoms with Crippen LogP contribution in [0.1, 0.15) is 52.9 Å². The first kappa shape index (κ1) is 21.2. The smallest absolute Gasteiger partial charge is 0.407 e. The Morgan fingerprint density at radius 3 is 2.09 bits per heavy atom. The number of nitrogens with one attached hydrogen (secondary N) is 1. The van der Waals surface area contributed by atoms with E-state index in [0.29, 0.717) is 32.2 Å². The van der Waals surface area contributed by atoms with Crippen LogP contribution in [0.5, 0.6) is 0 Å². The van der Waals surface area contributed by atoms with E-state index < -0.39 is 29.2 Å². The van der Waals surface area contributed by atoms with Gasteiger partial charge < -0.3 is 25.0 Å². The fraction of sp³-hybridized carbons (Fsp3) is 0.800. The van der Waals surface area contributed by atoms with Crippen LogP contribution in [0.3, 0.4) is 0 Å². The number of carbonyl (C=O) groups excluding carboxylic acids is 2. The Kier molecular flexibility index (Phi) is 8.60. The average Bonchev–Trinajstić information content (AvgIpc) is 2.42. The van der Waals surface area contributed by atoms with Crippen molar-refractivity contribution in [2.75, 3.05) is 13.7 Å². The number of aliphatic carboxylic acids is 1. The molecule has 1 unspecified atom stereocenters. The lowest BCUT2D eigenvalue weighted by Crippen LogP contribution is -2.47. The van der Waals surface area contributed by atoms with Crippen LogP contribution in [0, 0.1) is 0 Å². The highest BCUT2D eigenvalue weighted by molar-refractivity contribution is 6.02. The van der Waals surface area contributed by atoms with E-state index in [1.54, 1.807) is 20.8 Å². The number of rotatable bonds is 9. The van der Waals surface area contributed by atoms with Crippen molar-refractivity contribution in [3.05, 3.63) is 0 Å². The number of amides is 1. The minimum absolute atomic E-state index is 0.214. The second kappa shape index (κ2) is 9.34. The van der Waals surface area contributed by atoms with Crippen molar-refractivity contribution in [1.82, 2.24) is 5.32 Å². The highest BCUT2D eigenvalue weighted by Crippen LogP contribution is 2.18. The number of methoxy groups -OCH3 is 1. The Bertz CT molecular complexity index is 417. The lowest BCUT2D eigenvalue weighted by atomic mass is 9.96. The molecule has 0 aliphatic rings. The molecule has 8 heteroatoms. The molecule has 0 fully saturated rings. The minimum atomic E-state index is -2.50. The third-order valence-corrected chi connectivity index (χ3v) is 3.01. The number of carboxylic acid groups (broad SMARTS) is 1. The summed E-state index contributed by atoms with van der Waals surface area (Å²) in [5, 5.41) is 21.3. The lowest BCUT2D eigenvalue weighted by Gasteiger charge is -2.20. The van der Waals surface area contributed by atoms with Gasteiger partial charge in [-0.1, -0.05) is 12.8 Å². The molecule has 0 radical (unpaired) electrons. The van der Waals surface area contributed by atoms with Crippen LogP contribution in [-0.2, 0) is 19.1 Å². The molecule has 0 aromatic heterocycles. The molecule has 0 rings (SSSR count). The Morgan fingerprint density at radius 1 is 1.04 bits per heavy atom. The second-order valence-electron chi connectivity index (χ2n) is 6.25. The predicted octanol–water partition coefficient (Wildman–Crippen LogP) is 1.45. The number of hydrogen-bond acceptors (Lipinski definition) is 6. The van der Waals surface area contributed by atoms with Crippen molar-refractivity contribution in [3.63, 3.8) is 0 Å². The first-order valence-electron chi connectivity index (χ1n) is 7.54. The SMILES string of the molecule is COC(=O)C(O)(CCCCCCNC(=O)OC(C)(C)C)C(=O)O. The Balaban J connectivity index is 3.91. The fourth-order valence-corrected chi connectivity index (χ4v) is 1.83. The summed E-state index contributed by atoms with van der Waals surface area (Å²) >= 11 is 0. The predicted molar refractivity (Wildman–Crippen MR) is 81.9 cm³/mol. The van der Waals surface area contributed by atoms with Crippen molar-refractivity contribution in [3.8, 4) is 0 Å². The van der Waals surface area contributed by atoms with Gasteiger partial charge in [0, 0.05) is 6.54 Å². The zero-order chi connectivity index (χ0) is 18.1. The Morgan fingerprint density at radius 2 is 1.61 bits per heavy atom. The number of esters is 1. The number of ether oxygens (including phenoxy) is 2. The molecule has 1 amide bonds. The number of unbranched alkanes of at least 4 members (excludes halogenated alkanes) is 3. The van der Waals surface area contributed by atoms with E-state index in [9.17, 15) is 19.5 Å². The van der Waals surface area contributed by atoms with E-state index in [1.807, 2.05) is 0 Å². The van der Waals surface area contributed by atoms with Gasteiger partial charge in [0.1, 0.15) is 5.60 Å². The highest BCUT2D eigenvalue weighted by Gasteiger charge is 2.44. The fourth-order valence-electron chi connectivity index (χ4n) is 1.83. The number of carboxylic acids is 1. The third kappa shape index (κ3) is 8.39. The van der Waals surface area contributed by atoms with Crippen molar-refractivity contribution in [1.29, 1.82) is 0 Å². The van der Waals surface area contributed by atoms with Gasteiger partial charge in [-0.15, -0.1) is 0 Å². The van der Waals surface area contributed by atoms with Crippen LogP contribution >= 0.6 is 0 Å². The van der Waals surface area contributed by atoms with Crippen molar-refractivity contribution < 1.29 is 34.1 Å². The number of carbonyl (C=O) groups is 3. The monoisotopic (exact) mass is 333 g/mol. The first-order chi connectivity index (χ1) is 10.5. The van der Waals surface area contributed by atoms with Crippen LogP contribution in [0.4, 0.5) is 4.79 Å². The molecular weight excluding hydrogens is 306 g/mol. The van der Waals surface area contributed by atoms with Gasteiger partial charge in [-0.3, -0.25) is 0 Å². The Labute approximate surface area is 136 Å². The van der Waals surface area contributed by atoms with E-state index in [4.69, 9.17) is 9.84 Å². The van der Waals surface area contributed by atoms with Gasteiger partial charge in [-0.25, -0.2) is 14.4 Å². The highest BCUT2D eigenvalue weighted by atomic mass is 16.6. The van der Waals surface area contributed by atoms with Crippen LogP contribution in [0.2, 0.25) is 0 Å². The normalized spacial score (nSPS) is 13.8. The molecule has 0 spiro atoms. The summed E-state index contributed by atoms with van der Waals surface area (Å²) in [6, 6.07) is 0. The molecule has 23 heavy (non-hydrogen) atoms. The summed E-state index contributed by atoms with van der Waals surface area (Å²) in [6.45, 7) is 5.77. The molecule has 0 bridgehead atoms. The van der Waals surface area contributed by atoms with E-state index in [1.165, 1.54) is 0 Å². The summed E-state index contributed by atoms with van der Waals surface area (Å²) in [6.07, 6.45) is 1.67. The summed E-state index contributed by atoms with van der Waals surface area (Å²) < 4.78 is 9.38. The zero-order valence-electron chi connectivity index (χ0n) is 14.2. The van der Waals surface area contributed by atoms with Gasteiger partial charge in [0.15, 0.2) is 0 Å². The van der Waals surface area contributed by atoms with Gasteiger partial charge in [0.2, 0.25) is 0 Å². The summed E-state index contributed by atoms with van der Waals surface area (Å²) in [5.74, 6) is -2.78. The Hall–Kier alpha value is -1.83. The summed E-state index contributed by atoms with van der Waals surface area (Å²) in [5.41, 5.74) is -3.04. The third-order valence-electron chi connectivity index (χ3n) is 3.01. The number of alkyl carbamates (subject to hydrolysis) is 1. The molecule has 0 saturated heterocycles. The van der Waals surface area contributed by atoms with Gasteiger partial charge >= 0.3 is 18.0 Å². The molecule has 0 aromatic carbocycles. The van der Waals surface area contributed by atoms with Gasteiger partial charge in [-0.05, 0) is 40.0 Å². The molecule has 0 saturated carbocycles. The molecule has 0 aliphatic heterocycles. The summed E-state index contributed by atoms with van der Waals surface area (Å²) in [7, 11) is 1.03. The summed E-state index contributed by atoms with van der Waals surface area (Å²) in [4.78, 5) is 33.7. The zero-order valence-corrected chi connectivity index (χ0v) is 14.2. The largest absolute Gasteiger partial charge is 0.479 e. The topological polar surface area (TPSA) is 122 Å². The van der Waals surface area contributed by atoms with E-state index in [0.717, 1.165) is 7.11 Å². The second-order valence-corrected chi connectivity index (χ2v) is 6.25. The standard InChI is InChI=1S/C15H27NO7/c1-14(2,3)23-13(20)16-10-8-6-5-7-9-15(21,11(17)18)12(19)22-4/h21H,5-10H2,1-4H3,(H,16,20)(H,17,18). The van der Waals surface area contributed by atoms with E-state index >= 15 is 0 Å². The quantitative estimate of drug-likeness (QED) is 0.331. The average molecular weight is 333 g/mol. The van der Waals surface area contributed by atoms with E-state index in [-0.39, 0.29) is 6.42 Å². The lowest BCUT2D eigenvalue weighted by molar-refractivity contribution is -0.179. The maximum Gasteiger partial charge on any atom is 0.407 e. The van der Waals surface area contributed by atoms with Crippen LogP contribution in [0.25, 0.3) is 0 Å². The van der Waals surface area contributed by atoms with Gasteiger partial charge in [0.05, 0.1) is 7.11 Å². The van der Waals surface area contributed by atoms with E-state index in [2.05, 4.69) is 10.1 Å².